The lowest BCUT2D eigenvalue weighted by atomic mass is 10.1. The molecule has 2 rings (SSSR count). The highest BCUT2D eigenvalue weighted by molar-refractivity contribution is 5.62. The minimum absolute atomic E-state index is 0.204. The first-order valence-corrected chi connectivity index (χ1v) is 8.79. The molecule has 1 fully saturated rings. The molecule has 1 aliphatic heterocycles. The van der Waals surface area contributed by atoms with E-state index in [2.05, 4.69) is 35.5 Å². The molecule has 1 aromatic carbocycles. The second kappa shape index (κ2) is 10.9. The number of hydrogen-bond donors (Lipinski definition) is 1. The Morgan fingerprint density at radius 2 is 1.85 bits per heavy atom. The quantitative estimate of drug-likeness (QED) is 0.618. The molecule has 7 heteroatoms. The van der Waals surface area contributed by atoms with Crippen molar-refractivity contribution >= 4 is 12.7 Å². The maximum atomic E-state index is 13.8. The van der Waals surface area contributed by atoms with E-state index in [9.17, 15) is 4.39 Å². The highest BCUT2D eigenvalue weighted by Gasteiger charge is 2.19. The van der Waals surface area contributed by atoms with Crippen molar-refractivity contribution in [3.8, 4) is 5.75 Å². The molecule has 0 amide bonds. The Hall–Kier alpha value is -1.99. The van der Waals surface area contributed by atoms with Crippen LogP contribution in [-0.2, 0) is 11.3 Å². The third kappa shape index (κ3) is 7.93. The molecule has 1 aromatic rings. The lowest BCUT2D eigenvalue weighted by molar-refractivity contribution is -0.134. The van der Waals surface area contributed by atoms with Crippen molar-refractivity contribution < 1.29 is 19.1 Å². The van der Waals surface area contributed by atoms with Crippen molar-refractivity contribution in [2.75, 3.05) is 32.7 Å². The Bertz CT molecular complexity index is 596. The fourth-order valence-corrected chi connectivity index (χ4v) is 2.86. The van der Waals surface area contributed by atoms with Gasteiger partial charge in [0.2, 0.25) is 0 Å². The minimum atomic E-state index is -0.833. The van der Waals surface area contributed by atoms with Gasteiger partial charge in [-0.15, -0.1) is 0 Å². The zero-order valence-corrected chi connectivity index (χ0v) is 16.2. The SMILES string of the molecule is C=NOc1cc(C)c(F)cc1CN1CCN(CC(C)C)CC1.CC(=O)O. The summed E-state index contributed by atoms with van der Waals surface area (Å²) < 4.78 is 13.8. The summed E-state index contributed by atoms with van der Waals surface area (Å²) in [6, 6.07) is 3.24. The number of nitrogens with zero attached hydrogens (tertiary/aromatic N) is 3. The first-order chi connectivity index (χ1) is 12.2. The standard InChI is InChI=1S/C17H26FN3O.C2H4O2/c1-13(2)11-20-5-7-21(8-6-20)12-15-10-16(18)14(3)9-17(15)22-19-4;1-2(3)4/h9-10,13H,4-8,11-12H2,1-3H3;1H3,(H,3,4). The van der Waals surface area contributed by atoms with Gasteiger partial charge >= 0.3 is 0 Å². The van der Waals surface area contributed by atoms with Gasteiger partial charge in [0.25, 0.3) is 5.97 Å². The highest BCUT2D eigenvalue weighted by atomic mass is 19.1. The average molecular weight is 367 g/mol. The third-order valence-electron chi connectivity index (χ3n) is 3.99. The number of halogens is 1. The van der Waals surface area contributed by atoms with E-state index in [0.717, 1.165) is 45.2 Å². The molecule has 146 valence electrons. The normalized spacial score (nSPS) is 15.3. The number of aryl methyl sites for hydroxylation is 1. The van der Waals surface area contributed by atoms with Crippen molar-refractivity contribution in [1.29, 1.82) is 0 Å². The van der Waals surface area contributed by atoms with Crippen molar-refractivity contribution in [3.05, 3.63) is 29.1 Å². The van der Waals surface area contributed by atoms with Crippen LogP contribution in [0.1, 0.15) is 31.9 Å². The van der Waals surface area contributed by atoms with Crippen LogP contribution in [0.25, 0.3) is 0 Å². The summed E-state index contributed by atoms with van der Waals surface area (Å²) in [5, 5.41) is 10.9. The minimum Gasteiger partial charge on any atom is -0.481 e. The van der Waals surface area contributed by atoms with Gasteiger partial charge in [-0.05, 0) is 30.5 Å². The Morgan fingerprint density at radius 1 is 1.31 bits per heavy atom. The molecule has 1 saturated heterocycles. The van der Waals surface area contributed by atoms with Gasteiger partial charge in [-0.25, -0.2) is 4.39 Å². The average Bonchev–Trinajstić information content (AvgIpc) is 2.53. The lowest BCUT2D eigenvalue weighted by Gasteiger charge is -2.35. The first-order valence-electron chi connectivity index (χ1n) is 8.79. The van der Waals surface area contributed by atoms with Gasteiger partial charge in [-0.3, -0.25) is 9.69 Å². The van der Waals surface area contributed by atoms with E-state index in [1.807, 2.05) is 0 Å². The summed E-state index contributed by atoms with van der Waals surface area (Å²) in [5.74, 6) is 0.250. The van der Waals surface area contributed by atoms with Crippen LogP contribution in [0.5, 0.6) is 5.75 Å². The Morgan fingerprint density at radius 3 is 2.35 bits per heavy atom. The smallest absolute Gasteiger partial charge is 0.300 e. The molecule has 0 unspecified atom stereocenters. The number of hydrogen-bond acceptors (Lipinski definition) is 5. The fraction of sp³-hybridized carbons (Fsp3) is 0.579. The van der Waals surface area contributed by atoms with E-state index in [0.29, 0.717) is 23.8 Å². The molecular formula is C19H30FN3O3. The van der Waals surface area contributed by atoms with E-state index in [-0.39, 0.29) is 5.82 Å². The molecular weight excluding hydrogens is 337 g/mol. The van der Waals surface area contributed by atoms with Crippen LogP contribution in [-0.4, -0.2) is 60.3 Å². The lowest BCUT2D eigenvalue weighted by Crippen LogP contribution is -2.46. The largest absolute Gasteiger partial charge is 0.481 e. The highest BCUT2D eigenvalue weighted by Crippen LogP contribution is 2.25. The summed E-state index contributed by atoms with van der Waals surface area (Å²) >= 11 is 0. The molecule has 0 radical (unpaired) electrons. The van der Waals surface area contributed by atoms with Crippen LogP contribution in [0.15, 0.2) is 17.3 Å². The predicted molar refractivity (Wildman–Crippen MR) is 101 cm³/mol. The number of oxime groups is 1. The molecule has 0 aliphatic carbocycles. The summed E-state index contributed by atoms with van der Waals surface area (Å²) in [5.41, 5.74) is 1.39. The van der Waals surface area contributed by atoms with Gasteiger partial charge in [0.05, 0.1) is 0 Å². The van der Waals surface area contributed by atoms with Crippen LogP contribution in [0.2, 0.25) is 0 Å². The van der Waals surface area contributed by atoms with Crippen molar-refractivity contribution in [2.45, 2.75) is 34.2 Å². The Labute approximate surface area is 155 Å². The van der Waals surface area contributed by atoms with Gasteiger partial charge in [-0.2, -0.15) is 0 Å². The first kappa shape index (κ1) is 22.1. The zero-order chi connectivity index (χ0) is 19.7. The van der Waals surface area contributed by atoms with Crippen LogP contribution >= 0.6 is 0 Å². The molecule has 6 nitrogen and oxygen atoms in total. The third-order valence-corrected chi connectivity index (χ3v) is 3.99. The second-order valence-corrected chi connectivity index (χ2v) is 6.92. The molecule has 0 atom stereocenters. The fourth-order valence-electron chi connectivity index (χ4n) is 2.86. The Kier molecular flexibility index (Phi) is 9.23. The number of carbonyl (C=O) groups is 1. The molecule has 0 spiro atoms. The van der Waals surface area contributed by atoms with Crippen LogP contribution < -0.4 is 4.84 Å². The molecule has 26 heavy (non-hydrogen) atoms. The molecule has 0 aromatic heterocycles. The molecule has 0 saturated carbocycles. The zero-order valence-electron chi connectivity index (χ0n) is 16.2. The van der Waals surface area contributed by atoms with Gasteiger partial charge in [0.15, 0.2) is 5.75 Å². The van der Waals surface area contributed by atoms with Crippen LogP contribution in [0, 0.1) is 18.7 Å². The van der Waals surface area contributed by atoms with E-state index in [1.54, 1.807) is 19.1 Å². The molecule has 1 heterocycles. The number of rotatable bonds is 6. The number of benzene rings is 1. The Balaban J connectivity index is 0.000000765. The van der Waals surface area contributed by atoms with Gasteiger partial charge < -0.3 is 14.8 Å². The number of piperazine rings is 1. The van der Waals surface area contributed by atoms with Gasteiger partial charge in [0, 0.05) is 58.5 Å². The molecule has 0 bridgehead atoms. The van der Waals surface area contributed by atoms with E-state index < -0.39 is 5.97 Å². The summed E-state index contributed by atoms with van der Waals surface area (Å²) in [6.45, 7) is 16.6. The monoisotopic (exact) mass is 367 g/mol. The number of carboxylic acids is 1. The van der Waals surface area contributed by atoms with E-state index >= 15 is 0 Å². The van der Waals surface area contributed by atoms with Crippen LogP contribution in [0.4, 0.5) is 4.39 Å². The van der Waals surface area contributed by atoms with Crippen molar-refractivity contribution in [2.24, 2.45) is 11.1 Å². The summed E-state index contributed by atoms with van der Waals surface area (Å²) in [4.78, 5) is 19.0. The van der Waals surface area contributed by atoms with E-state index in [4.69, 9.17) is 14.7 Å². The number of aliphatic carboxylic acids is 1. The maximum absolute atomic E-state index is 13.8. The van der Waals surface area contributed by atoms with Crippen LogP contribution in [0.3, 0.4) is 0 Å². The maximum Gasteiger partial charge on any atom is 0.300 e. The summed E-state index contributed by atoms with van der Waals surface area (Å²) in [6.07, 6.45) is 0. The van der Waals surface area contributed by atoms with Gasteiger partial charge in [-0.1, -0.05) is 19.0 Å². The topological polar surface area (TPSA) is 65.4 Å². The summed E-state index contributed by atoms with van der Waals surface area (Å²) in [7, 11) is 0. The van der Waals surface area contributed by atoms with Gasteiger partial charge in [0.1, 0.15) is 5.82 Å². The van der Waals surface area contributed by atoms with E-state index in [1.165, 1.54) is 0 Å². The predicted octanol–water partition coefficient (Wildman–Crippen LogP) is 2.99. The van der Waals surface area contributed by atoms with Crippen molar-refractivity contribution in [3.63, 3.8) is 0 Å². The molecule has 1 aliphatic rings. The van der Waals surface area contributed by atoms with Crippen molar-refractivity contribution in [1.82, 2.24) is 9.80 Å². The second-order valence-electron chi connectivity index (χ2n) is 6.92. The number of carboxylic acid groups (broad SMARTS) is 1. The molecule has 1 N–H and O–H groups in total.